The molecular weight excluding hydrogens is 540 g/mol. The van der Waals surface area contributed by atoms with Crippen LogP contribution in [0.25, 0.3) is 0 Å². The van der Waals surface area contributed by atoms with Crippen LogP contribution >= 0.6 is 0 Å². The van der Waals surface area contributed by atoms with Gasteiger partial charge in [0.1, 0.15) is 36.6 Å². The van der Waals surface area contributed by atoms with Crippen molar-refractivity contribution in [2.24, 2.45) is 0 Å². The molecule has 0 bridgehead atoms. The van der Waals surface area contributed by atoms with E-state index in [2.05, 4.69) is 6.58 Å². The lowest BCUT2D eigenvalue weighted by Crippen LogP contribution is -2.66. The van der Waals surface area contributed by atoms with Crippen LogP contribution in [-0.2, 0) is 50.1 Å². The maximum atomic E-state index is 11.9. The summed E-state index contributed by atoms with van der Waals surface area (Å²) in [7, 11) is 0. The largest absolute Gasteiger partial charge is 0.387 e. The minimum absolute atomic E-state index is 0.235. The van der Waals surface area contributed by atoms with E-state index < -0.39 is 36.6 Å². The summed E-state index contributed by atoms with van der Waals surface area (Å²) in [6.45, 7) is 5.32. The van der Waals surface area contributed by atoms with Crippen LogP contribution in [-0.4, -0.2) is 48.3 Å². The number of rotatable bonds is 15. The van der Waals surface area contributed by atoms with Crippen LogP contribution in [0.2, 0.25) is 0 Å². The molecule has 1 aliphatic rings. The van der Waals surface area contributed by atoms with E-state index in [4.69, 9.17) is 23.7 Å². The van der Waals surface area contributed by atoms with Crippen LogP contribution in [0.1, 0.15) is 22.3 Å². The number of benzene rings is 4. The quantitative estimate of drug-likeness (QED) is 0.167. The third-order valence-corrected chi connectivity index (χ3v) is 7.52. The highest BCUT2D eigenvalue weighted by Crippen LogP contribution is 2.34. The number of hydrogen-bond donors (Lipinski definition) is 1. The molecule has 224 valence electrons. The molecule has 0 aromatic heterocycles. The monoisotopic (exact) mass is 580 g/mol. The molecule has 1 aliphatic carbocycles. The van der Waals surface area contributed by atoms with Crippen LogP contribution in [0.15, 0.2) is 134 Å². The van der Waals surface area contributed by atoms with Crippen LogP contribution in [0, 0.1) is 0 Å². The Morgan fingerprint density at radius 1 is 0.442 bits per heavy atom. The van der Waals surface area contributed by atoms with Crippen molar-refractivity contribution in [1.29, 1.82) is 0 Å². The standard InChI is InChI=1S/C37H40O6/c1-2-23-39-33-32(38)34(40-24-28-15-7-3-8-16-28)36(42-26-30-19-11-5-12-20-30)37(43-27-31-21-13-6-14-22-31)35(33)41-25-29-17-9-4-10-18-29/h2-22,32-38H,1,23-27H2/t32-,33-,34-,35+,36-,37-/m0/s1. The lowest BCUT2D eigenvalue weighted by molar-refractivity contribution is -0.280. The van der Waals surface area contributed by atoms with Crippen LogP contribution < -0.4 is 0 Å². The van der Waals surface area contributed by atoms with Crippen molar-refractivity contribution in [3.63, 3.8) is 0 Å². The first-order valence-electron chi connectivity index (χ1n) is 14.8. The maximum Gasteiger partial charge on any atom is 0.116 e. The topological polar surface area (TPSA) is 66.4 Å². The Balaban J connectivity index is 1.48. The molecule has 6 nitrogen and oxygen atoms in total. The second-order valence-electron chi connectivity index (χ2n) is 10.6. The van der Waals surface area contributed by atoms with E-state index in [1.807, 2.05) is 121 Å². The lowest BCUT2D eigenvalue weighted by Gasteiger charge is -2.48. The third kappa shape index (κ3) is 8.71. The molecule has 0 radical (unpaired) electrons. The van der Waals surface area contributed by atoms with E-state index in [9.17, 15) is 5.11 Å². The van der Waals surface area contributed by atoms with Gasteiger partial charge in [0.25, 0.3) is 0 Å². The summed E-state index contributed by atoms with van der Waals surface area (Å²) in [5.74, 6) is 0. The van der Waals surface area contributed by atoms with Crippen molar-refractivity contribution in [3.8, 4) is 0 Å². The molecule has 4 aromatic carbocycles. The first-order chi connectivity index (χ1) is 21.2. The second kappa shape index (κ2) is 16.3. The van der Waals surface area contributed by atoms with Gasteiger partial charge in [0, 0.05) is 0 Å². The van der Waals surface area contributed by atoms with Gasteiger partial charge in [-0.2, -0.15) is 0 Å². The summed E-state index contributed by atoms with van der Waals surface area (Å²) in [4.78, 5) is 0. The molecule has 0 saturated heterocycles. The van der Waals surface area contributed by atoms with Gasteiger partial charge in [0.05, 0.1) is 33.0 Å². The van der Waals surface area contributed by atoms with Crippen LogP contribution in [0.4, 0.5) is 0 Å². The zero-order chi connectivity index (χ0) is 29.7. The van der Waals surface area contributed by atoms with E-state index in [0.29, 0.717) is 26.4 Å². The lowest BCUT2D eigenvalue weighted by atomic mass is 9.83. The highest BCUT2D eigenvalue weighted by molar-refractivity contribution is 5.17. The molecular formula is C37H40O6. The predicted molar refractivity (Wildman–Crippen MR) is 166 cm³/mol. The second-order valence-corrected chi connectivity index (χ2v) is 10.6. The first kappa shape index (κ1) is 30.8. The van der Waals surface area contributed by atoms with E-state index in [0.717, 1.165) is 22.3 Å². The molecule has 6 atom stereocenters. The summed E-state index contributed by atoms with van der Waals surface area (Å²) in [5, 5.41) is 11.9. The minimum atomic E-state index is -1.05. The van der Waals surface area contributed by atoms with E-state index >= 15 is 0 Å². The highest BCUT2D eigenvalue weighted by Gasteiger charge is 2.54. The molecule has 4 aromatic rings. The van der Waals surface area contributed by atoms with E-state index in [1.165, 1.54) is 0 Å². The van der Waals surface area contributed by atoms with Crippen molar-refractivity contribution in [2.75, 3.05) is 6.61 Å². The molecule has 0 amide bonds. The Labute approximate surface area is 254 Å². The van der Waals surface area contributed by atoms with Gasteiger partial charge in [-0.25, -0.2) is 0 Å². The predicted octanol–water partition coefficient (Wildman–Crippen LogP) is 6.27. The normalized spacial score (nSPS) is 23.6. The fourth-order valence-corrected chi connectivity index (χ4v) is 5.34. The molecule has 0 unspecified atom stereocenters. The number of aliphatic hydroxyl groups excluding tert-OH is 1. The zero-order valence-corrected chi connectivity index (χ0v) is 24.3. The van der Waals surface area contributed by atoms with E-state index in [1.54, 1.807) is 6.08 Å². The zero-order valence-electron chi connectivity index (χ0n) is 24.3. The van der Waals surface area contributed by atoms with Gasteiger partial charge >= 0.3 is 0 Å². The summed E-state index contributed by atoms with van der Waals surface area (Å²) < 4.78 is 32.5. The fourth-order valence-electron chi connectivity index (χ4n) is 5.34. The van der Waals surface area contributed by atoms with Crippen molar-refractivity contribution in [2.45, 2.75) is 63.1 Å². The number of hydrogen-bond acceptors (Lipinski definition) is 6. The summed E-state index contributed by atoms with van der Waals surface area (Å²) in [6, 6.07) is 39.8. The van der Waals surface area contributed by atoms with Gasteiger partial charge in [-0.1, -0.05) is 127 Å². The van der Waals surface area contributed by atoms with Gasteiger partial charge in [-0.3, -0.25) is 0 Å². The summed E-state index contributed by atoms with van der Waals surface area (Å²) in [6.07, 6.45) is -2.83. The maximum absolute atomic E-state index is 11.9. The van der Waals surface area contributed by atoms with Gasteiger partial charge in [0.15, 0.2) is 0 Å². The van der Waals surface area contributed by atoms with Gasteiger partial charge in [-0.05, 0) is 22.3 Å². The van der Waals surface area contributed by atoms with Crippen LogP contribution in [0.5, 0.6) is 0 Å². The number of ether oxygens (including phenoxy) is 5. The average Bonchev–Trinajstić information content (AvgIpc) is 3.06. The molecule has 1 fully saturated rings. The Bertz CT molecular complexity index is 1330. The third-order valence-electron chi connectivity index (χ3n) is 7.52. The molecule has 5 rings (SSSR count). The number of aliphatic hydroxyl groups is 1. The van der Waals surface area contributed by atoms with Crippen molar-refractivity contribution < 1.29 is 28.8 Å². The molecule has 1 saturated carbocycles. The first-order valence-corrected chi connectivity index (χ1v) is 14.8. The van der Waals surface area contributed by atoms with Gasteiger partial charge < -0.3 is 28.8 Å². The smallest absolute Gasteiger partial charge is 0.116 e. The Morgan fingerprint density at radius 3 is 1.05 bits per heavy atom. The summed E-state index contributed by atoms with van der Waals surface area (Å²) >= 11 is 0. The van der Waals surface area contributed by atoms with Crippen molar-refractivity contribution in [3.05, 3.63) is 156 Å². The van der Waals surface area contributed by atoms with Gasteiger partial charge in [0.2, 0.25) is 0 Å². The van der Waals surface area contributed by atoms with E-state index in [-0.39, 0.29) is 6.61 Å². The molecule has 0 heterocycles. The fraction of sp³-hybridized carbons (Fsp3) is 0.297. The molecule has 43 heavy (non-hydrogen) atoms. The minimum Gasteiger partial charge on any atom is -0.387 e. The SMILES string of the molecule is C=CCO[C@H]1[C@H](O)[C@H](OCc2ccccc2)[C@H](OCc2ccccc2)[C@@H](OCc2ccccc2)[C@@H]1OCc1ccccc1. The molecule has 6 heteroatoms. The average molecular weight is 581 g/mol. The highest BCUT2D eigenvalue weighted by atomic mass is 16.6. The van der Waals surface area contributed by atoms with Crippen molar-refractivity contribution >= 4 is 0 Å². The Morgan fingerprint density at radius 2 is 0.721 bits per heavy atom. The Kier molecular flexibility index (Phi) is 11.7. The van der Waals surface area contributed by atoms with Crippen LogP contribution in [0.3, 0.4) is 0 Å². The molecule has 0 aliphatic heterocycles. The molecule has 0 spiro atoms. The summed E-state index contributed by atoms with van der Waals surface area (Å²) in [5.41, 5.74) is 4.02. The van der Waals surface area contributed by atoms with Gasteiger partial charge in [-0.15, -0.1) is 6.58 Å². The van der Waals surface area contributed by atoms with Crippen molar-refractivity contribution in [1.82, 2.24) is 0 Å². The molecule has 1 N–H and O–H groups in total. The Hall–Kier alpha value is -3.62.